The molecule has 4 N–H and O–H groups in total. The van der Waals surface area contributed by atoms with Crippen LogP contribution in [0.2, 0.25) is 0 Å². The highest BCUT2D eigenvalue weighted by atomic mass is 16.6. The topological polar surface area (TPSA) is 233 Å². The third-order valence-corrected chi connectivity index (χ3v) is 19.5. The first-order valence-corrected chi connectivity index (χ1v) is 34.5. The van der Waals surface area contributed by atoms with Gasteiger partial charge in [-0.15, -0.1) is 0 Å². The van der Waals surface area contributed by atoms with Crippen LogP contribution in [0, 0.1) is 11.3 Å². The highest BCUT2D eigenvalue weighted by molar-refractivity contribution is 5.97. The number of ether oxygens (including phenoxy) is 2. The number of nitrogens with zero attached hydrogens (tertiary/aromatic N) is 4. The minimum atomic E-state index is -1.13. The van der Waals surface area contributed by atoms with Gasteiger partial charge in [0.15, 0.2) is 5.78 Å². The molecule has 4 aliphatic rings. The molecule has 0 aromatic heterocycles. The number of carbonyl (C=O) groups excluding carboxylic acids is 9. The SMILES string of the molecule is C[C@@H](C(=O)C[C@H](C(=O)N1CC(NC(=O)c2ccc(CCc3ccc(C[C@H](NC(=O)[C@H](C)N(C)C(=O)OC(C)(C)C)C(=O)N4Cc5ccccc5C[C@H]4C(=O)NC4CCCc5ccccc54)cc3)cc2)C[C@H]1C(=O)NC1CCCc2ccccc21)C(C)(C)C)N(C)C(=O)OC(C)(C)C. The first kappa shape index (κ1) is 72.4. The molecule has 0 saturated carbocycles. The zero-order valence-corrected chi connectivity index (χ0v) is 58.9. The van der Waals surface area contributed by atoms with E-state index in [2.05, 4.69) is 39.5 Å². The van der Waals surface area contributed by atoms with Gasteiger partial charge >= 0.3 is 12.2 Å². The Morgan fingerprint density at radius 3 is 1.55 bits per heavy atom. The normalized spacial score (nSPS) is 19.6. The van der Waals surface area contributed by atoms with Crippen LogP contribution in [0.5, 0.6) is 0 Å². The van der Waals surface area contributed by atoms with Gasteiger partial charge in [0.1, 0.15) is 35.4 Å². The lowest BCUT2D eigenvalue weighted by molar-refractivity contribution is -0.146. The Bertz CT molecular complexity index is 3700. The molecule has 9 atom stereocenters. The molecule has 5 aromatic rings. The molecular formula is C78H100N8O11. The summed E-state index contributed by atoms with van der Waals surface area (Å²) in [4.78, 5) is 134. The fourth-order valence-electron chi connectivity index (χ4n) is 13.6. The highest BCUT2D eigenvalue weighted by Crippen LogP contribution is 2.37. The third kappa shape index (κ3) is 18.4. The van der Waals surface area contributed by atoms with Crippen LogP contribution >= 0.6 is 0 Å². The average Bonchev–Trinajstić information content (AvgIpc) is 1.65. The summed E-state index contributed by atoms with van der Waals surface area (Å²) in [7, 11) is 2.98. The van der Waals surface area contributed by atoms with E-state index in [0.717, 1.165) is 77.5 Å². The van der Waals surface area contributed by atoms with Gasteiger partial charge in [-0.25, -0.2) is 9.59 Å². The van der Waals surface area contributed by atoms with E-state index < -0.39 is 82.8 Å². The van der Waals surface area contributed by atoms with E-state index in [1.165, 1.54) is 39.9 Å². The maximum atomic E-state index is 15.3. The predicted octanol–water partition coefficient (Wildman–Crippen LogP) is 10.7. The summed E-state index contributed by atoms with van der Waals surface area (Å²) in [6, 6.07) is 33.2. The zero-order chi connectivity index (χ0) is 70.3. The van der Waals surface area contributed by atoms with Gasteiger partial charge in [0.05, 0.1) is 18.1 Å². The van der Waals surface area contributed by atoms with Crippen molar-refractivity contribution >= 4 is 53.4 Å². The Kier molecular flexibility index (Phi) is 22.9. The molecule has 0 spiro atoms. The number of hydrogen-bond acceptors (Lipinski definition) is 11. The monoisotopic (exact) mass is 1320 g/mol. The zero-order valence-electron chi connectivity index (χ0n) is 58.9. The molecule has 0 radical (unpaired) electrons. The lowest BCUT2D eigenvalue weighted by Gasteiger charge is -2.39. The molecule has 5 aromatic carbocycles. The second-order valence-electron chi connectivity index (χ2n) is 30.1. The van der Waals surface area contributed by atoms with Gasteiger partial charge in [-0.05, 0) is 181 Å². The number of Topliss-reactive ketones (excluding diaryl/α,β-unsaturated/α-hetero) is 1. The summed E-state index contributed by atoms with van der Waals surface area (Å²) < 4.78 is 11.1. The minimum absolute atomic E-state index is 0.0380. The third-order valence-electron chi connectivity index (χ3n) is 19.5. The standard InChI is InChI=1S/C78H100N8O11/c1-48(83(12)74(94)96-77(6,7)8)67(87)45-61(76(3,4)5)72(92)86-47-58(44-66(86)71(91)81-63-31-21-27-54-23-17-19-29-60(54)63)79-69(89)55-40-38-51(39-41-55)33-32-50-34-36-52(37-35-50)42-64(82-68(88)49(2)84(13)75(95)97-78(9,10)11)73(93)85-46-57-25-15-14-24-56(57)43-65(85)70(90)80-62-30-20-26-53-22-16-18-28-59(53)62/h14-19,22-25,28-29,34-41,48-49,58,61-66H,20-21,26-27,30-33,42-47H2,1-13H3,(H,79,89)(H,80,90)(H,81,91)(H,82,88)/t48-,49-,58?,61+,62?,63?,64-,65-,66-/m0/s1. The molecule has 1 saturated heterocycles. The average molecular weight is 1330 g/mol. The van der Waals surface area contributed by atoms with Crippen LogP contribution in [0.15, 0.2) is 121 Å². The summed E-state index contributed by atoms with van der Waals surface area (Å²) in [5.74, 6) is -3.55. The number of likely N-dealkylation sites (N-methyl/N-ethyl adjacent to an activating group) is 2. The number of benzene rings is 5. The van der Waals surface area contributed by atoms with Gasteiger partial charge in [0.25, 0.3) is 5.91 Å². The van der Waals surface area contributed by atoms with E-state index in [1.807, 2.05) is 112 Å². The van der Waals surface area contributed by atoms with E-state index in [-0.39, 0.29) is 80.3 Å². The van der Waals surface area contributed by atoms with Gasteiger partial charge < -0.3 is 45.4 Å². The van der Waals surface area contributed by atoms with Crippen LogP contribution in [0.1, 0.15) is 187 Å². The predicted molar refractivity (Wildman–Crippen MR) is 372 cm³/mol. The van der Waals surface area contributed by atoms with Crippen molar-refractivity contribution in [2.24, 2.45) is 11.3 Å². The van der Waals surface area contributed by atoms with Crippen molar-refractivity contribution in [3.8, 4) is 0 Å². The summed E-state index contributed by atoms with van der Waals surface area (Å²) in [5, 5.41) is 12.7. The summed E-state index contributed by atoms with van der Waals surface area (Å²) in [5.41, 5.74) is 7.18. The molecule has 3 unspecified atom stereocenters. The Hall–Kier alpha value is -8.87. The number of nitrogens with one attached hydrogen (secondary N) is 4. The van der Waals surface area contributed by atoms with Crippen molar-refractivity contribution in [2.45, 2.75) is 219 Å². The van der Waals surface area contributed by atoms with E-state index in [1.54, 1.807) is 72.4 Å². The second kappa shape index (κ2) is 30.7. The molecule has 518 valence electrons. The lowest BCUT2D eigenvalue weighted by atomic mass is 9.76. The first-order valence-electron chi connectivity index (χ1n) is 34.5. The van der Waals surface area contributed by atoms with Crippen LogP contribution in [0.25, 0.3) is 0 Å². The van der Waals surface area contributed by atoms with Crippen LogP contribution in [0.4, 0.5) is 9.59 Å². The van der Waals surface area contributed by atoms with Crippen molar-refractivity contribution in [2.75, 3.05) is 20.6 Å². The summed E-state index contributed by atoms with van der Waals surface area (Å²) >= 11 is 0. The molecule has 8 amide bonds. The quantitative estimate of drug-likeness (QED) is 0.0572. The largest absolute Gasteiger partial charge is 0.444 e. The van der Waals surface area contributed by atoms with Crippen LogP contribution in [-0.2, 0) is 83.3 Å². The van der Waals surface area contributed by atoms with Crippen molar-refractivity contribution in [1.82, 2.24) is 40.9 Å². The number of amides is 8. The van der Waals surface area contributed by atoms with Crippen LogP contribution < -0.4 is 21.3 Å². The van der Waals surface area contributed by atoms with E-state index in [9.17, 15) is 33.6 Å². The fraction of sp³-hybridized carbons (Fsp3) is 0.500. The van der Waals surface area contributed by atoms with Crippen molar-refractivity contribution in [3.63, 3.8) is 0 Å². The molecule has 0 bridgehead atoms. The maximum absolute atomic E-state index is 15.3. The van der Waals surface area contributed by atoms with Gasteiger partial charge in [0, 0.05) is 64.0 Å². The van der Waals surface area contributed by atoms with Gasteiger partial charge in [-0.1, -0.05) is 130 Å². The Labute approximate surface area is 572 Å². The Morgan fingerprint density at radius 2 is 1.02 bits per heavy atom. The number of fused-ring (bicyclic) bond motifs is 3. The van der Waals surface area contributed by atoms with Crippen LogP contribution in [-0.4, -0.2) is 141 Å². The molecule has 1 fully saturated rings. The highest BCUT2D eigenvalue weighted by Gasteiger charge is 2.47. The Morgan fingerprint density at radius 1 is 0.546 bits per heavy atom. The smallest absolute Gasteiger partial charge is 0.410 e. The number of hydrogen-bond donors (Lipinski definition) is 4. The van der Waals surface area contributed by atoms with E-state index in [0.29, 0.717) is 18.4 Å². The maximum Gasteiger partial charge on any atom is 0.410 e. The second-order valence-corrected chi connectivity index (χ2v) is 30.1. The molecule has 2 heterocycles. The molecular weight excluding hydrogens is 1220 g/mol. The fourth-order valence-corrected chi connectivity index (χ4v) is 13.6. The number of rotatable bonds is 20. The van der Waals surface area contributed by atoms with Crippen molar-refractivity contribution in [1.29, 1.82) is 0 Å². The first-order chi connectivity index (χ1) is 45.8. The lowest BCUT2D eigenvalue weighted by Crippen LogP contribution is -2.60. The number of likely N-dealkylation sites (tertiary alicyclic amines) is 1. The Balaban J connectivity index is 0.875. The van der Waals surface area contributed by atoms with Crippen molar-refractivity contribution in [3.05, 3.63) is 177 Å². The number of carbonyl (C=O) groups is 9. The molecule has 19 heteroatoms. The molecule has 2 aliphatic carbocycles. The minimum Gasteiger partial charge on any atom is -0.444 e. The van der Waals surface area contributed by atoms with Gasteiger partial charge in [-0.3, -0.25) is 38.5 Å². The molecule has 9 rings (SSSR count). The molecule has 97 heavy (non-hydrogen) atoms. The number of ketones is 1. The summed E-state index contributed by atoms with van der Waals surface area (Å²) in [6.45, 7) is 19.5. The van der Waals surface area contributed by atoms with Gasteiger partial charge in [0.2, 0.25) is 29.5 Å². The molecule has 19 nitrogen and oxygen atoms in total. The van der Waals surface area contributed by atoms with E-state index >= 15 is 9.59 Å². The van der Waals surface area contributed by atoms with Crippen molar-refractivity contribution < 1.29 is 52.6 Å². The van der Waals surface area contributed by atoms with E-state index in [4.69, 9.17) is 9.47 Å². The summed E-state index contributed by atoms with van der Waals surface area (Å²) in [6.07, 6.45) is 5.39. The number of aryl methyl sites for hydroxylation is 4. The molecule has 2 aliphatic heterocycles. The van der Waals surface area contributed by atoms with Crippen LogP contribution in [0.3, 0.4) is 0 Å². The van der Waals surface area contributed by atoms with Gasteiger partial charge in [-0.2, -0.15) is 0 Å².